The van der Waals surface area contributed by atoms with Crippen LogP contribution in [0.3, 0.4) is 0 Å². The lowest BCUT2D eigenvalue weighted by Crippen LogP contribution is -2.30. The molecule has 134 valence electrons. The molecule has 0 atom stereocenters. The van der Waals surface area contributed by atoms with Crippen LogP contribution in [0.2, 0.25) is 0 Å². The molecule has 6 nitrogen and oxygen atoms in total. The zero-order valence-corrected chi connectivity index (χ0v) is 15.1. The molecule has 2 amide bonds. The fourth-order valence-electron chi connectivity index (χ4n) is 2.12. The second-order valence-corrected chi connectivity index (χ2v) is 8.04. The number of hydrogen-bond donors (Lipinski definition) is 1. The minimum absolute atomic E-state index is 0.0522. The molecule has 0 aliphatic carbocycles. The van der Waals surface area contributed by atoms with Gasteiger partial charge in [-0.1, -0.05) is 36.4 Å². The van der Waals surface area contributed by atoms with Crippen molar-refractivity contribution in [2.75, 3.05) is 31.0 Å². The van der Waals surface area contributed by atoms with Crippen molar-refractivity contribution in [1.29, 1.82) is 0 Å². The smallest absolute Gasteiger partial charge is 0.321 e. The number of nitrogens with one attached hydrogen (secondary N) is 1. The van der Waals surface area contributed by atoms with E-state index in [0.717, 1.165) is 11.8 Å². The van der Waals surface area contributed by atoms with E-state index in [1.165, 1.54) is 0 Å². The summed E-state index contributed by atoms with van der Waals surface area (Å²) in [5, 5.41) is 2.80. The second-order valence-electron chi connectivity index (χ2n) is 5.78. The molecule has 0 fully saturated rings. The van der Waals surface area contributed by atoms with Gasteiger partial charge in [-0.25, -0.2) is 13.2 Å². The highest BCUT2D eigenvalue weighted by molar-refractivity contribution is 7.90. The maximum atomic E-state index is 12.3. The predicted molar refractivity (Wildman–Crippen MR) is 98.6 cm³/mol. The van der Waals surface area contributed by atoms with E-state index >= 15 is 0 Å². The van der Waals surface area contributed by atoms with E-state index in [1.807, 2.05) is 30.3 Å². The van der Waals surface area contributed by atoms with Crippen molar-refractivity contribution in [3.8, 4) is 5.75 Å². The van der Waals surface area contributed by atoms with E-state index in [-0.39, 0.29) is 18.4 Å². The molecule has 0 spiro atoms. The summed E-state index contributed by atoms with van der Waals surface area (Å²) < 4.78 is 27.6. The van der Waals surface area contributed by atoms with Crippen molar-refractivity contribution < 1.29 is 17.9 Å². The Balaban J connectivity index is 1.91. The second kappa shape index (κ2) is 8.53. The lowest BCUT2D eigenvalue weighted by atomic mass is 10.2. The highest BCUT2D eigenvalue weighted by Crippen LogP contribution is 2.18. The molecule has 25 heavy (non-hydrogen) atoms. The zero-order valence-electron chi connectivity index (χ0n) is 14.3. The molecule has 0 aliphatic heterocycles. The lowest BCUT2D eigenvalue weighted by molar-refractivity contribution is 0.220. The van der Waals surface area contributed by atoms with Crippen LogP contribution in [0.15, 0.2) is 54.6 Å². The third kappa shape index (κ3) is 6.84. The molecule has 7 heteroatoms. The summed E-state index contributed by atoms with van der Waals surface area (Å²) >= 11 is 0. The first-order valence-corrected chi connectivity index (χ1v) is 9.86. The van der Waals surface area contributed by atoms with Gasteiger partial charge < -0.3 is 15.0 Å². The first kappa shape index (κ1) is 18.8. The fourth-order valence-corrected chi connectivity index (χ4v) is 2.51. The number of nitrogens with zero attached hydrogens (tertiary/aromatic N) is 1. The van der Waals surface area contributed by atoms with Crippen molar-refractivity contribution in [3.05, 3.63) is 60.2 Å². The van der Waals surface area contributed by atoms with Crippen LogP contribution < -0.4 is 10.1 Å². The molecule has 1 N–H and O–H groups in total. The van der Waals surface area contributed by atoms with E-state index in [4.69, 9.17) is 4.74 Å². The maximum Gasteiger partial charge on any atom is 0.321 e. The van der Waals surface area contributed by atoms with Gasteiger partial charge in [-0.05, 0) is 17.7 Å². The molecule has 0 radical (unpaired) electrons. The van der Waals surface area contributed by atoms with Crippen molar-refractivity contribution in [2.24, 2.45) is 0 Å². The number of ether oxygens (including phenoxy) is 1. The largest absolute Gasteiger partial charge is 0.492 e. The molecular weight excluding hydrogens is 340 g/mol. The molecule has 0 aromatic heterocycles. The van der Waals surface area contributed by atoms with Crippen LogP contribution in [0.4, 0.5) is 10.5 Å². The van der Waals surface area contributed by atoms with Crippen LogP contribution >= 0.6 is 0 Å². The van der Waals surface area contributed by atoms with E-state index < -0.39 is 9.84 Å². The normalized spacial score (nSPS) is 11.0. The summed E-state index contributed by atoms with van der Waals surface area (Å²) in [5.74, 6) is 0.454. The number of carbonyl (C=O) groups is 1. The number of carbonyl (C=O) groups excluding carboxylic acids is 1. The minimum atomic E-state index is -3.07. The van der Waals surface area contributed by atoms with E-state index in [2.05, 4.69) is 5.32 Å². The maximum absolute atomic E-state index is 12.3. The first-order chi connectivity index (χ1) is 11.8. The molecule has 2 aromatic carbocycles. The number of amides is 2. The van der Waals surface area contributed by atoms with Gasteiger partial charge in [-0.2, -0.15) is 0 Å². The zero-order chi connectivity index (χ0) is 18.3. The summed E-state index contributed by atoms with van der Waals surface area (Å²) in [6, 6.07) is 16.3. The number of anilines is 1. The number of hydrogen-bond acceptors (Lipinski definition) is 4. The van der Waals surface area contributed by atoms with Gasteiger partial charge in [0.2, 0.25) is 0 Å². The van der Waals surface area contributed by atoms with Crippen LogP contribution in [0, 0.1) is 0 Å². The van der Waals surface area contributed by atoms with E-state index in [9.17, 15) is 13.2 Å². The SMILES string of the molecule is CN(Cc1ccccc1)C(=O)Nc1cccc(OCCS(C)(=O)=O)c1. The summed E-state index contributed by atoms with van der Waals surface area (Å²) in [6.07, 6.45) is 1.16. The van der Waals surface area contributed by atoms with Crippen LogP contribution in [0.1, 0.15) is 5.56 Å². The summed E-state index contributed by atoms with van der Waals surface area (Å²) in [5.41, 5.74) is 1.62. The quantitative estimate of drug-likeness (QED) is 0.822. The standard InChI is InChI=1S/C18H22N2O4S/c1-20(14-15-7-4-3-5-8-15)18(21)19-16-9-6-10-17(13-16)24-11-12-25(2,22)23/h3-10,13H,11-12,14H2,1-2H3,(H,19,21). The number of urea groups is 1. The Bertz CT molecular complexity index is 807. The molecule has 0 saturated heterocycles. The topological polar surface area (TPSA) is 75.7 Å². The van der Waals surface area contributed by atoms with Gasteiger partial charge in [0.1, 0.15) is 12.4 Å². The molecule has 0 bridgehead atoms. The Kier molecular flexibility index (Phi) is 6.41. The molecule has 0 saturated carbocycles. The van der Waals surface area contributed by atoms with Gasteiger partial charge in [0.25, 0.3) is 0 Å². The molecule has 2 rings (SSSR count). The van der Waals surface area contributed by atoms with Crippen LogP contribution in [-0.2, 0) is 16.4 Å². The third-order valence-electron chi connectivity index (χ3n) is 3.42. The number of benzene rings is 2. The lowest BCUT2D eigenvalue weighted by Gasteiger charge is -2.18. The summed E-state index contributed by atoms with van der Waals surface area (Å²) in [4.78, 5) is 13.8. The van der Waals surface area contributed by atoms with Crippen molar-refractivity contribution in [3.63, 3.8) is 0 Å². The monoisotopic (exact) mass is 362 g/mol. The molecule has 2 aromatic rings. The molecule has 0 unspecified atom stereocenters. The van der Waals surface area contributed by atoms with Crippen LogP contribution in [0.25, 0.3) is 0 Å². The van der Waals surface area contributed by atoms with Crippen LogP contribution in [0.5, 0.6) is 5.75 Å². The fraction of sp³-hybridized carbons (Fsp3) is 0.278. The highest BCUT2D eigenvalue weighted by atomic mass is 32.2. The van der Waals surface area contributed by atoms with Gasteiger partial charge >= 0.3 is 6.03 Å². The van der Waals surface area contributed by atoms with Gasteiger partial charge in [0.05, 0.1) is 5.75 Å². The van der Waals surface area contributed by atoms with Crippen molar-refractivity contribution in [2.45, 2.75) is 6.54 Å². The number of sulfone groups is 1. The van der Waals surface area contributed by atoms with E-state index in [0.29, 0.717) is 18.0 Å². The number of rotatable bonds is 7. The third-order valence-corrected chi connectivity index (χ3v) is 4.33. The van der Waals surface area contributed by atoms with Crippen molar-refractivity contribution >= 4 is 21.6 Å². The Morgan fingerprint density at radius 1 is 1.12 bits per heavy atom. The molecule has 0 heterocycles. The summed E-state index contributed by atoms with van der Waals surface area (Å²) in [7, 11) is -1.35. The highest BCUT2D eigenvalue weighted by Gasteiger charge is 2.10. The first-order valence-electron chi connectivity index (χ1n) is 7.80. The van der Waals surface area contributed by atoms with Crippen molar-refractivity contribution in [1.82, 2.24) is 4.90 Å². The predicted octanol–water partition coefficient (Wildman–Crippen LogP) is 2.77. The Hall–Kier alpha value is -2.54. The van der Waals surface area contributed by atoms with Gasteiger partial charge in [0.15, 0.2) is 9.84 Å². The Morgan fingerprint density at radius 2 is 1.84 bits per heavy atom. The van der Waals surface area contributed by atoms with Gasteiger partial charge in [0, 0.05) is 31.6 Å². The Morgan fingerprint density at radius 3 is 2.52 bits per heavy atom. The molecular formula is C18H22N2O4S. The minimum Gasteiger partial charge on any atom is -0.492 e. The summed E-state index contributed by atoms with van der Waals surface area (Å²) in [6.45, 7) is 0.571. The van der Waals surface area contributed by atoms with Crippen LogP contribution in [-0.4, -0.2) is 45.0 Å². The Labute approximate surface area is 148 Å². The van der Waals surface area contributed by atoms with Gasteiger partial charge in [-0.3, -0.25) is 0 Å². The average Bonchev–Trinajstić information content (AvgIpc) is 2.55. The van der Waals surface area contributed by atoms with E-state index in [1.54, 1.807) is 36.2 Å². The van der Waals surface area contributed by atoms with Gasteiger partial charge in [-0.15, -0.1) is 0 Å². The molecule has 0 aliphatic rings. The average molecular weight is 362 g/mol.